The van der Waals surface area contributed by atoms with Gasteiger partial charge in [-0.2, -0.15) is 0 Å². The van der Waals surface area contributed by atoms with E-state index in [9.17, 15) is 9.59 Å². The molecule has 0 spiro atoms. The Morgan fingerprint density at radius 1 is 1.18 bits per heavy atom. The summed E-state index contributed by atoms with van der Waals surface area (Å²) in [6.07, 6.45) is 3.39. The number of nitrogens with zero attached hydrogens (tertiary/aromatic N) is 2. The smallest absolute Gasteiger partial charge is 0.319 e. The van der Waals surface area contributed by atoms with Gasteiger partial charge in [-0.15, -0.1) is 0 Å². The third-order valence-corrected chi connectivity index (χ3v) is 4.44. The fourth-order valence-electron chi connectivity index (χ4n) is 3.12. The van der Waals surface area contributed by atoms with Gasteiger partial charge >= 0.3 is 5.97 Å². The maximum absolute atomic E-state index is 12.2. The van der Waals surface area contributed by atoms with Crippen molar-refractivity contribution in [3.8, 4) is 0 Å². The molecule has 1 unspecified atom stereocenters. The summed E-state index contributed by atoms with van der Waals surface area (Å²) in [4.78, 5) is 27.6. The predicted octanol–water partition coefficient (Wildman–Crippen LogP) is 0.158. The number of rotatable bonds is 2. The highest BCUT2D eigenvalue weighted by Gasteiger charge is 2.59. The van der Waals surface area contributed by atoms with Crippen LogP contribution in [0, 0.1) is 5.41 Å². The van der Waals surface area contributed by atoms with Crippen LogP contribution in [0.15, 0.2) is 0 Å². The van der Waals surface area contributed by atoms with Gasteiger partial charge in [0.2, 0.25) is 5.91 Å². The van der Waals surface area contributed by atoms with Crippen LogP contribution in [-0.2, 0) is 9.59 Å². The zero-order chi connectivity index (χ0) is 12.0. The van der Waals surface area contributed by atoms with Crippen molar-refractivity contribution >= 4 is 11.9 Å². The quantitative estimate of drug-likeness (QED) is 0.696. The number of carbonyl (C=O) groups excluding carboxylic acids is 1. The highest BCUT2D eigenvalue weighted by atomic mass is 16.4. The number of fused-ring (bicyclic) bond motifs is 1. The van der Waals surface area contributed by atoms with Crippen molar-refractivity contribution in [3.05, 3.63) is 0 Å². The van der Waals surface area contributed by atoms with E-state index < -0.39 is 11.4 Å². The van der Waals surface area contributed by atoms with Gasteiger partial charge in [0, 0.05) is 25.7 Å². The molecular weight excluding hydrogens is 220 g/mol. The molecule has 0 aromatic rings. The van der Waals surface area contributed by atoms with Crippen LogP contribution >= 0.6 is 0 Å². The van der Waals surface area contributed by atoms with Crippen LogP contribution in [0.25, 0.3) is 0 Å². The summed E-state index contributed by atoms with van der Waals surface area (Å²) in [5.41, 5.74) is -1.05. The van der Waals surface area contributed by atoms with Gasteiger partial charge in [-0.3, -0.25) is 14.5 Å². The number of hydrogen-bond acceptors (Lipinski definition) is 3. The summed E-state index contributed by atoms with van der Waals surface area (Å²) < 4.78 is 0. The van der Waals surface area contributed by atoms with Gasteiger partial charge in [0.1, 0.15) is 5.41 Å². The monoisotopic (exact) mass is 238 g/mol. The Labute approximate surface area is 100 Å². The second kappa shape index (κ2) is 3.70. The van der Waals surface area contributed by atoms with Crippen molar-refractivity contribution in [2.45, 2.75) is 31.7 Å². The predicted molar refractivity (Wildman–Crippen MR) is 60.5 cm³/mol. The number of hydrogen-bond donors (Lipinski definition) is 1. The summed E-state index contributed by atoms with van der Waals surface area (Å²) in [5, 5.41) is 9.13. The SMILES string of the molecule is O=C(O)C1(C(=O)N2CCN3CCCC3C2)CC1. The Balaban J connectivity index is 1.69. The zero-order valence-corrected chi connectivity index (χ0v) is 9.89. The fraction of sp³-hybridized carbons (Fsp3) is 0.833. The first kappa shape index (κ1) is 11.0. The van der Waals surface area contributed by atoms with E-state index in [4.69, 9.17) is 5.11 Å². The topological polar surface area (TPSA) is 60.9 Å². The standard InChI is InChI=1S/C12H18N2O3/c15-10(12(3-4-12)11(16)17)14-7-6-13-5-1-2-9(13)8-14/h9H,1-8H2,(H,16,17). The van der Waals surface area contributed by atoms with Crippen molar-refractivity contribution < 1.29 is 14.7 Å². The number of carboxylic acid groups (broad SMARTS) is 1. The Hall–Kier alpha value is -1.10. The van der Waals surface area contributed by atoms with E-state index in [1.807, 2.05) is 0 Å². The van der Waals surface area contributed by atoms with Crippen LogP contribution in [0.5, 0.6) is 0 Å². The van der Waals surface area contributed by atoms with Crippen molar-refractivity contribution in [1.29, 1.82) is 0 Å². The molecular formula is C12H18N2O3. The lowest BCUT2D eigenvalue weighted by Crippen LogP contribution is -2.54. The lowest BCUT2D eigenvalue weighted by atomic mass is 10.0. The first-order valence-corrected chi connectivity index (χ1v) is 6.40. The van der Waals surface area contributed by atoms with Crippen LogP contribution in [-0.4, -0.2) is 59.0 Å². The van der Waals surface area contributed by atoms with E-state index >= 15 is 0 Å². The van der Waals surface area contributed by atoms with Crippen LogP contribution in [0.4, 0.5) is 0 Å². The lowest BCUT2D eigenvalue weighted by Gasteiger charge is -2.38. The Morgan fingerprint density at radius 3 is 2.59 bits per heavy atom. The minimum absolute atomic E-state index is 0.142. The molecule has 2 aliphatic heterocycles. The van der Waals surface area contributed by atoms with Gasteiger partial charge < -0.3 is 10.0 Å². The molecule has 3 aliphatic rings. The third kappa shape index (κ3) is 1.64. The summed E-state index contributed by atoms with van der Waals surface area (Å²) in [6, 6.07) is 0.470. The summed E-state index contributed by atoms with van der Waals surface area (Å²) >= 11 is 0. The van der Waals surface area contributed by atoms with Crippen LogP contribution in [0.2, 0.25) is 0 Å². The number of aliphatic carboxylic acids is 1. The van der Waals surface area contributed by atoms with E-state index in [1.165, 1.54) is 6.42 Å². The molecule has 1 atom stereocenters. The average Bonchev–Trinajstić information content (AvgIpc) is 3.00. The van der Waals surface area contributed by atoms with Crippen molar-refractivity contribution in [3.63, 3.8) is 0 Å². The highest BCUT2D eigenvalue weighted by molar-refractivity contribution is 6.04. The van der Waals surface area contributed by atoms with Crippen molar-refractivity contribution in [2.24, 2.45) is 5.41 Å². The molecule has 2 heterocycles. The van der Waals surface area contributed by atoms with E-state index in [1.54, 1.807) is 4.90 Å². The van der Waals surface area contributed by atoms with Crippen LogP contribution in [0.3, 0.4) is 0 Å². The molecule has 3 rings (SSSR count). The molecule has 5 nitrogen and oxygen atoms in total. The summed E-state index contributed by atoms with van der Waals surface area (Å²) in [7, 11) is 0. The van der Waals surface area contributed by atoms with Crippen LogP contribution < -0.4 is 0 Å². The molecule has 1 saturated carbocycles. The molecule has 0 bridgehead atoms. The first-order chi connectivity index (χ1) is 8.13. The van der Waals surface area contributed by atoms with Gasteiger partial charge in [0.15, 0.2) is 0 Å². The molecule has 1 N–H and O–H groups in total. The summed E-state index contributed by atoms with van der Waals surface area (Å²) in [6.45, 7) is 3.47. The maximum atomic E-state index is 12.2. The van der Waals surface area contributed by atoms with Crippen molar-refractivity contribution in [2.75, 3.05) is 26.2 Å². The molecule has 3 fully saturated rings. The second-order valence-electron chi connectivity index (χ2n) is 5.47. The van der Waals surface area contributed by atoms with Gasteiger partial charge in [-0.1, -0.05) is 0 Å². The van der Waals surface area contributed by atoms with E-state index in [2.05, 4.69) is 4.90 Å². The molecule has 1 amide bonds. The largest absolute Gasteiger partial charge is 0.480 e. The van der Waals surface area contributed by atoms with Crippen molar-refractivity contribution in [1.82, 2.24) is 9.80 Å². The Kier molecular flexibility index (Phi) is 2.40. The zero-order valence-electron chi connectivity index (χ0n) is 9.89. The molecule has 94 valence electrons. The average molecular weight is 238 g/mol. The number of carboxylic acids is 1. The molecule has 2 saturated heterocycles. The molecule has 0 aromatic carbocycles. The van der Waals surface area contributed by atoms with Gasteiger partial charge in [-0.25, -0.2) is 0 Å². The normalized spacial score (nSPS) is 31.1. The third-order valence-electron chi connectivity index (χ3n) is 4.44. The Morgan fingerprint density at radius 2 is 1.94 bits per heavy atom. The van der Waals surface area contributed by atoms with Gasteiger partial charge in [0.05, 0.1) is 0 Å². The lowest BCUT2D eigenvalue weighted by molar-refractivity contribution is -0.154. The summed E-state index contributed by atoms with van der Waals surface area (Å²) in [5.74, 6) is -1.08. The van der Waals surface area contributed by atoms with E-state index in [0.29, 0.717) is 25.4 Å². The van der Waals surface area contributed by atoms with Gasteiger partial charge in [0.25, 0.3) is 0 Å². The fourth-order valence-corrected chi connectivity index (χ4v) is 3.12. The number of amides is 1. The molecule has 0 aromatic heterocycles. The first-order valence-electron chi connectivity index (χ1n) is 6.40. The highest BCUT2D eigenvalue weighted by Crippen LogP contribution is 2.47. The number of piperazine rings is 1. The maximum Gasteiger partial charge on any atom is 0.319 e. The molecule has 5 heteroatoms. The Bertz CT molecular complexity index is 365. The minimum atomic E-state index is -1.05. The second-order valence-corrected chi connectivity index (χ2v) is 5.47. The molecule has 0 radical (unpaired) electrons. The van der Waals surface area contributed by atoms with Crippen LogP contribution in [0.1, 0.15) is 25.7 Å². The minimum Gasteiger partial charge on any atom is -0.480 e. The van der Waals surface area contributed by atoms with Gasteiger partial charge in [-0.05, 0) is 32.2 Å². The molecule has 1 aliphatic carbocycles. The van der Waals surface area contributed by atoms with E-state index in [0.717, 1.165) is 26.1 Å². The molecule has 17 heavy (non-hydrogen) atoms. The number of carbonyl (C=O) groups is 2. The van der Waals surface area contributed by atoms with E-state index in [-0.39, 0.29) is 5.91 Å².